The van der Waals surface area contributed by atoms with E-state index in [1.54, 1.807) is 6.92 Å². The van der Waals surface area contributed by atoms with Crippen LogP contribution in [0.15, 0.2) is 23.1 Å². The number of aromatic nitrogens is 2. The highest BCUT2D eigenvalue weighted by Gasteiger charge is 2.20. The summed E-state index contributed by atoms with van der Waals surface area (Å²) < 4.78 is 43.3. The number of sulfonamides is 1. The van der Waals surface area contributed by atoms with Crippen molar-refractivity contribution >= 4 is 32.4 Å². The summed E-state index contributed by atoms with van der Waals surface area (Å²) in [5.41, 5.74) is 5.50. The SMILES string of the molecule is Cc1nsc(NS(=O)(=O)c2ccc(N)cc2F)n1. The average Bonchev–Trinajstić information content (AvgIpc) is 2.62. The van der Waals surface area contributed by atoms with Crippen LogP contribution >= 0.6 is 11.5 Å². The Morgan fingerprint density at radius 2 is 2.17 bits per heavy atom. The number of benzene rings is 1. The summed E-state index contributed by atoms with van der Waals surface area (Å²) in [5.74, 6) is -0.473. The fourth-order valence-electron chi connectivity index (χ4n) is 1.24. The zero-order valence-electron chi connectivity index (χ0n) is 9.21. The number of nitrogens with one attached hydrogen (secondary N) is 1. The van der Waals surface area contributed by atoms with E-state index in [2.05, 4.69) is 14.1 Å². The van der Waals surface area contributed by atoms with Gasteiger partial charge in [0.15, 0.2) is 0 Å². The third-order valence-corrected chi connectivity index (χ3v) is 4.22. The highest BCUT2D eigenvalue weighted by Crippen LogP contribution is 2.21. The summed E-state index contributed by atoms with van der Waals surface area (Å²) in [6.45, 7) is 1.62. The molecule has 0 spiro atoms. The van der Waals surface area contributed by atoms with E-state index in [9.17, 15) is 12.8 Å². The molecule has 0 bridgehead atoms. The van der Waals surface area contributed by atoms with Crippen molar-refractivity contribution in [3.63, 3.8) is 0 Å². The molecular weight excluding hydrogens is 279 g/mol. The summed E-state index contributed by atoms with van der Waals surface area (Å²) in [7, 11) is -4.02. The number of hydrogen-bond acceptors (Lipinski definition) is 6. The maximum atomic E-state index is 13.5. The van der Waals surface area contributed by atoms with Crippen LogP contribution < -0.4 is 10.5 Å². The van der Waals surface area contributed by atoms with Gasteiger partial charge in [-0.25, -0.2) is 17.8 Å². The maximum Gasteiger partial charge on any atom is 0.266 e. The zero-order chi connectivity index (χ0) is 13.3. The lowest BCUT2D eigenvalue weighted by molar-refractivity contribution is 0.571. The van der Waals surface area contributed by atoms with E-state index < -0.39 is 20.7 Å². The Balaban J connectivity index is 2.36. The van der Waals surface area contributed by atoms with Gasteiger partial charge in [0.05, 0.1) is 0 Å². The van der Waals surface area contributed by atoms with Crippen LogP contribution in [0.4, 0.5) is 15.2 Å². The van der Waals surface area contributed by atoms with Gasteiger partial charge in [-0.05, 0) is 25.1 Å². The topological polar surface area (TPSA) is 98.0 Å². The number of hydrogen-bond donors (Lipinski definition) is 2. The van der Waals surface area contributed by atoms with Crippen LogP contribution in [-0.2, 0) is 10.0 Å². The molecule has 1 aromatic carbocycles. The predicted molar refractivity (Wildman–Crippen MR) is 66.3 cm³/mol. The fourth-order valence-corrected chi connectivity index (χ4v) is 3.10. The average molecular weight is 288 g/mol. The lowest BCUT2D eigenvalue weighted by Crippen LogP contribution is -2.14. The van der Waals surface area contributed by atoms with Crippen LogP contribution in [0.1, 0.15) is 5.82 Å². The number of aryl methyl sites for hydroxylation is 1. The van der Waals surface area contributed by atoms with E-state index in [4.69, 9.17) is 5.73 Å². The van der Waals surface area contributed by atoms with E-state index in [-0.39, 0.29) is 10.8 Å². The Labute approximate surface area is 107 Å². The quantitative estimate of drug-likeness (QED) is 0.831. The predicted octanol–water partition coefficient (Wildman–Crippen LogP) is 1.37. The van der Waals surface area contributed by atoms with Crippen LogP contribution in [0.3, 0.4) is 0 Å². The van der Waals surface area contributed by atoms with Gasteiger partial charge in [0, 0.05) is 17.2 Å². The van der Waals surface area contributed by atoms with E-state index in [0.717, 1.165) is 23.7 Å². The Morgan fingerprint density at radius 1 is 1.44 bits per heavy atom. The summed E-state index contributed by atoms with van der Waals surface area (Å²) in [6.07, 6.45) is 0. The van der Waals surface area contributed by atoms with Gasteiger partial charge in [-0.3, -0.25) is 4.72 Å². The molecule has 0 atom stereocenters. The monoisotopic (exact) mass is 288 g/mol. The van der Waals surface area contributed by atoms with Gasteiger partial charge in [0.1, 0.15) is 16.5 Å². The summed E-state index contributed by atoms with van der Waals surface area (Å²) in [4.78, 5) is 3.36. The van der Waals surface area contributed by atoms with Gasteiger partial charge in [0.2, 0.25) is 5.13 Å². The molecule has 2 aromatic rings. The number of rotatable bonds is 3. The molecule has 6 nitrogen and oxygen atoms in total. The molecule has 1 aromatic heterocycles. The maximum absolute atomic E-state index is 13.5. The molecular formula is C9H9FN4O2S2. The van der Waals surface area contributed by atoms with Gasteiger partial charge in [0.25, 0.3) is 10.0 Å². The van der Waals surface area contributed by atoms with E-state index in [0.29, 0.717) is 5.82 Å². The third kappa shape index (κ3) is 2.57. The lowest BCUT2D eigenvalue weighted by Gasteiger charge is -2.06. The molecule has 96 valence electrons. The van der Waals surface area contributed by atoms with Crippen molar-refractivity contribution in [3.8, 4) is 0 Å². The second-order valence-electron chi connectivity index (χ2n) is 3.44. The number of halogens is 1. The normalized spacial score (nSPS) is 11.4. The molecule has 2 rings (SSSR count). The molecule has 0 saturated carbocycles. The largest absolute Gasteiger partial charge is 0.399 e. The number of nitrogens with zero attached hydrogens (tertiary/aromatic N) is 2. The fraction of sp³-hybridized carbons (Fsp3) is 0.111. The van der Waals surface area contributed by atoms with Gasteiger partial charge < -0.3 is 5.73 Å². The first-order chi connectivity index (χ1) is 8.38. The molecule has 0 unspecified atom stereocenters. The number of nitrogen functional groups attached to an aromatic ring is 1. The Bertz CT molecular complexity index is 684. The standard InChI is InChI=1S/C9H9FN4O2S2/c1-5-12-9(17-13-5)14-18(15,16)8-3-2-6(11)4-7(8)10/h2-4H,11H2,1H3,(H,12,13,14). The minimum absolute atomic E-state index is 0.0868. The van der Waals surface area contributed by atoms with Crippen LogP contribution in [0.25, 0.3) is 0 Å². The summed E-state index contributed by atoms with van der Waals surface area (Å²) >= 11 is 0.882. The number of nitrogens with two attached hydrogens (primary N) is 1. The Hall–Kier alpha value is -1.74. The van der Waals surface area contributed by atoms with Crippen LogP contribution in [-0.4, -0.2) is 17.8 Å². The second-order valence-corrected chi connectivity index (χ2v) is 5.84. The van der Waals surface area contributed by atoms with Crippen molar-refractivity contribution in [1.82, 2.24) is 9.36 Å². The summed E-state index contributed by atoms with van der Waals surface area (Å²) in [6, 6.07) is 3.35. The van der Waals surface area contributed by atoms with Gasteiger partial charge in [-0.15, -0.1) is 0 Å². The molecule has 0 amide bonds. The van der Waals surface area contributed by atoms with E-state index in [1.165, 1.54) is 6.07 Å². The molecule has 18 heavy (non-hydrogen) atoms. The molecule has 0 aliphatic carbocycles. The smallest absolute Gasteiger partial charge is 0.266 e. The first kappa shape index (κ1) is 12.7. The van der Waals surface area contributed by atoms with Gasteiger partial charge >= 0.3 is 0 Å². The van der Waals surface area contributed by atoms with Crippen molar-refractivity contribution in [2.45, 2.75) is 11.8 Å². The lowest BCUT2D eigenvalue weighted by atomic mass is 10.3. The van der Waals surface area contributed by atoms with E-state index in [1.807, 2.05) is 0 Å². The minimum Gasteiger partial charge on any atom is -0.399 e. The van der Waals surface area contributed by atoms with Gasteiger partial charge in [-0.1, -0.05) is 0 Å². The molecule has 0 aliphatic heterocycles. The van der Waals surface area contributed by atoms with Crippen LogP contribution in [0.2, 0.25) is 0 Å². The highest BCUT2D eigenvalue weighted by molar-refractivity contribution is 7.93. The first-order valence-electron chi connectivity index (χ1n) is 4.76. The molecule has 3 N–H and O–H groups in total. The van der Waals surface area contributed by atoms with Crippen molar-refractivity contribution in [3.05, 3.63) is 29.8 Å². The molecule has 1 heterocycles. The highest BCUT2D eigenvalue weighted by atomic mass is 32.2. The first-order valence-corrected chi connectivity index (χ1v) is 7.02. The molecule has 0 radical (unpaired) electrons. The van der Waals surface area contributed by atoms with Crippen molar-refractivity contribution in [2.24, 2.45) is 0 Å². The van der Waals surface area contributed by atoms with Crippen molar-refractivity contribution in [1.29, 1.82) is 0 Å². The summed E-state index contributed by atoms with van der Waals surface area (Å²) in [5, 5.41) is 0.0868. The van der Waals surface area contributed by atoms with Gasteiger partial charge in [-0.2, -0.15) is 4.37 Å². The van der Waals surface area contributed by atoms with E-state index >= 15 is 0 Å². The zero-order valence-corrected chi connectivity index (χ0v) is 10.8. The Morgan fingerprint density at radius 3 is 2.72 bits per heavy atom. The molecule has 0 aliphatic rings. The Kier molecular flexibility index (Phi) is 3.18. The molecule has 0 fully saturated rings. The number of anilines is 2. The molecule has 0 saturated heterocycles. The minimum atomic E-state index is -4.02. The van der Waals surface area contributed by atoms with Crippen LogP contribution in [0.5, 0.6) is 0 Å². The third-order valence-electron chi connectivity index (χ3n) is 1.99. The second kappa shape index (κ2) is 4.50. The van der Waals surface area contributed by atoms with Crippen molar-refractivity contribution < 1.29 is 12.8 Å². The molecule has 9 heteroatoms. The van der Waals surface area contributed by atoms with Crippen LogP contribution in [0, 0.1) is 12.7 Å². The van der Waals surface area contributed by atoms with Crippen molar-refractivity contribution in [2.75, 3.05) is 10.5 Å².